The maximum absolute atomic E-state index is 5.29. The van der Waals surface area contributed by atoms with Crippen molar-refractivity contribution in [3.8, 4) is 11.4 Å². The molecule has 0 saturated heterocycles. The van der Waals surface area contributed by atoms with E-state index in [1.807, 2.05) is 30.3 Å². The first-order valence-electron chi connectivity index (χ1n) is 6.94. The minimum atomic E-state index is 0.0171. The van der Waals surface area contributed by atoms with E-state index in [1.54, 1.807) is 6.20 Å². The third kappa shape index (κ3) is 3.25. The van der Waals surface area contributed by atoms with Gasteiger partial charge in [-0.3, -0.25) is 4.98 Å². The lowest BCUT2D eigenvalue weighted by molar-refractivity contribution is 0.336. The van der Waals surface area contributed by atoms with Crippen molar-refractivity contribution < 1.29 is 4.52 Å². The Bertz CT molecular complexity index is 758. The van der Waals surface area contributed by atoms with Crippen molar-refractivity contribution in [1.82, 2.24) is 20.4 Å². The van der Waals surface area contributed by atoms with Crippen molar-refractivity contribution >= 4 is 10.9 Å². The first-order valence-corrected chi connectivity index (χ1v) is 6.94. The molecule has 0 unspecified atom stereocenters. The minimum absolute atomic E-state index is 0.0171. The molecule has 108 valence electrons. The van der Waals surface area contributed by atoms with Gasteiger partial charge in [-0.15, -0.1) is 0 Å². The molecule has 5 nitrogen and oxygen atoms in total. The van der Waals surface area contributed by atoms with Crippen molar-refractivity contribution in [2.75, 3.05) is 0 Å². The zero-order valence-electron chi connectivity index (χ0n) is 12.4. The van der Waals surface area contributed by atoms with E-state index in [1.165, 1.54) is 0 Å². The zero-order chi connectivity index (χ0) is 14.9. The highest BCUT2D eigenvalue weighted by molar-refractivity contribution is 5.82. The number of rotatable bonds is 3. The number of hydrogen-bond donors (Lipinski definition) is 1. The molecule has 0 atom stereocenters. The summed E-state index contributed by atoms with van der Waals surface area (Å²) in [7, 11) is 0. The fourth-order valence-electron chi connectivity index (χ4n) is 2.00. The van der Waals surface area contributed by atoms with E-state index in [0.29, 0.717) is 18.3 Å². The second-order valence-electron chi connectivity index (χ2n) is 6.03. The van der Waals surface area contributed by atoms with Gasteiger partial charge in [0.15, 0.2) is 0 Å². The fourth-order valence-corrected chi connectivity index (χ4v) is 2.00. The predicted molar refractivity (Wildman–Crippen MR) is 81.6 cm³/mol. The van der Waals surface area contributed by atoms with Crippen LogP contribution in [-0.4, -0.2) is 20.7 Å². The third-order valence-electron chi connectivity index (χ3n) is 3.10. The Morgan fingerprint density at radius 2 is 2.05 bits per heavy atom. The molecule has 1 N–H and O–H groups in total. The molecule has 0 aliphatic carbocycles. The average molecular weight is 282 g/mol. The van der Waals surface area contributed by atoms with Crippen molar-refractivity contribution in [2.45, 2.75) is 32.9 Å². The summed E-state index contributed by atoms with van der Waals surface area (Å²) < 4.78 is 5.29. The maximum Gasteiger partial charge on any atom is 0.240 e. The molecule has 2 aromatic heterocycles. The van der Waals surface area contributed by atoms with Gasteiger partial charge in [0.2, 0.25) is 11.7 Å². The summed E-state index contributed by atoms with van der Waals surface area (Å²) in [5.41, 5.74) is 1.91. The number of fused-ring (bicyclic) bond motifs is 1. The summed E-state index contributed by atoms with van der Waals surface area (Å²) in [5, 5.41) is 8.44. The van der Waals surface area contributed by atoms with Gasteiger partial charge >= 0.3 is 0 Å². The number of pyridine rings is 1. The first-order chi connectivity index (χ1) is 10.0. The predicted octanol–water partition coefficient (Wildman–Crippen LogP) is 3.17. The molecule has 0 saturated carbocycles. The standard InChI is InChI=1S/C16H18N4O/c1-16(2,3)18-10-14-19-15(20-21-14)12-6-7-13-11(9-12)5-4-8-17-13/h4-9,18H,10H2,1-3H3. The van der Waals surface area contributed by atoms with E-state index in [4.69, 9.17) is 4.52 Å². The van der Waals surface area contributed by atoms with Crippen molar-refractivity contribution in [1.29, 1.82) is 0 Å². The first kappa shape index (κ1) is 13.7. The van der Waals surface area contributed by atoms with Crippen molar-refractivity contribution in [3.63, 3.8) is 0 Å². The highest BCUT2D eigenvalue weighted by Gasteiger charge is 2.13. The molecule has 2 heterocycles. The van der Waals surface area contributed by atoms with Gasteiger partial charge in [-0.2, -0.15) is 4.98 Å². The van der Waals surface area contributed by atoms with Crippen LogP contribution >= 0.6 is 0 Å². The molecule has 3 rings (SSSR count). The molecule has 0 spiro atoms. The molecule has 0 aliphatic rings. The van der Waals surface area contributed by atoms with Gasteiger partial charge in [-0.1, -0.05) is 11.2 Å². The van der Waals surface area contributed by atoms with Gasteiger partial charge < -0.3 is 9.84 Å². The van der Waals surface area contributed by atoms with E-state index in [0.717, 1.165) is 16.5 Å². The number of hydrogen-bond acceptors (Lipinski definition) is 5. The number of aromatic nitrogens is 3. The summed E-state index contributed by atoms with van der Waals surface area (Å²) in [5.74, 6) is 1.19. The second kappa shape index (κ2) is 5.26. The minimum Gasteiger partial charge on any atom is -0.338 e. The Morgan fingerprint density at radius 3 is 2.86 bits per heavy atom. The van der Waals surface area contributed by atoms with Crippen LogP contribution in [0, 0.1) is 0 Å². The van der Waals surface area contributed by atoms with E-state index in [9.17, 15) is 0 Å². The molecule has 21 heavy (non-hydrogen) atoms. The van der Waals surface area contributed by atoms with E-state index >= 15 is 0 Å². The molecule has 0 amide bonds. The summed E-state index contributed by atoms with van der Waals surface area (Å²) in [6, 6.07) is 9.89. The van der Waals surface area contributed by atoms with Crippen LogP contribution in [0.15, 0.2) is 41.1 Å². The van der Waals surface area contributed by atoms with Gasteiger partial charge in [0.05, 0.1) is 12.1 Å². The van der Waals surface area contributed by atoms with Gasteiger partial charge in [-0.25, -0.2) is 0 Å². The molecule has 3 aromatic rings. The Hall–Kier alpha value is -2.27. The molecule has 0 fully saturated rings. The number of nitrogens with one attached hydrogen (secondary N) is 1. The normalized spacial score (nSPS) is 12.0. The lowest BCUT2D eigenvalue weighted by atomic mass is 10.1. The van der Waals surface area contributed by atoms with Crippen LogP contribution in [0.5, 0.6) is 0 Å². The van der Waals surface area contributed by atoms with Gasteiger partial charge in [0, 0.05) is 22.7 Å². The Morgan fingerprint density at radius 1 is 1.19 bits per heavy atom. The number of nitrogens with zero attached hydrogens (tertiary/aromatic N) is 3. The van der Waals surface area contributed by atoms with E-state index in [2.05, 4.69) is 41.2 Å². The largest absolute Gasteiger partial charge is 0.338 e. The topological polar surface area (TPSA) is 63.8 Å². The summed E-state index contributed by atoms with van der Waals surface area (Å²) in [6.07, 6.45) is 1.78. The summed E-state index contributed by atoms with van der Waals surface area (Å²) in [4.78, 5) is 8.73. The Labute approximate surface area is 123 Å². The van der Waals surface area contributed by atoms with E-state index in [-0.39, 0.29) is 5.54 Å². The summed E-state index contributed by atoms with van der Waals surface area (Å²) in [6.45, 7) is 6.85. The van der Waals surface area contributed by atoms with Crippen LogP contribution in [0.4, 0.5) is 0 Å². The fraction of sp³-hybridized carbons (Fsp3) is 0.312. The zero-order valence-corrected chi connectivity index (χ0v) is 12.4. The molecule has 1 aromatic carbocycles. The van der Waals surface area contributed by atoms with Gasteiger partial charge in [-0.05, 0) is 45.0 Å². The van der Waals surface area contributed by atoms with Crippen LogP contribution in [0.1, 0.15) is 26.7 Å². The molecule has 5 heteroatoms. The highest BCUT2D eigenvalue weighted by Crippen LogP contribution is 2.21. The highest BCUT2D eigenvalue weighted by atomic mass is 16.5. The van der Waals surface area contributed by atoms with Crippen molar-refractivity contribution in [3.05, 3.63) is 42.4 Å². The summed E-state index contributed by atoms with van der Waals surface area (Å²) >= 11 is 0. The van der Waals surface area contributed by atoms with Gasteiger partial charge in [0.25, 0.3) is 0 Å². The van der Waals surface area contributed by atoms with Gasteiger partial charge in [0.1, 0.15) is 0 Å². The lowest BCUT2D eigenvalue weighted by Crippen LogP contribution is -2.35. The Balaban J connectivity index is 1.84. The van der Waals surface area contributed by atoms with Crippen LogP contribution < -0.4 is 5.32 Å². The van der Waals surface area contributed by atoms with Crippen LogP contribution in [0.25, 0.3) is 22.3 Å². The third-order valence-corrected chi connectivity index (χ3v) is 3.10. The average Bonchev–Trinajstić information content (AvgIpc) is 2.93. The molecule has 0 radical (unpaired) electrons. The quantitative estimate of drug-likeness (QED) is 0.799. The van der Waals surface area contributed by atoms with E-state index < -0.39 is 0 Å². The second-order valence-corrected chi connectivity index (χ2v) is 6.03. The molecular formula is C16H18N4O. The smallest absolute Gasteiger partial charge is 0.240 e. The number of benzene rings is 1. The molecule has 0 aliphatic heterocycles. The van der Waals surface area contributed by atoms with Crippen LogP contribution in [0.3, 0.4) is 0 Å². The monoisotopic (exact) mass is 282 g/mol. The maximum atomic E-state index is 5.29. The SMILES string of the molecule is CC(C)(C)NCc1nc(-c2ccc3ncccc3c2)no1. The van der Waals surface area contributed by atoms with Crippen LogP contribution in [0.2, 0.25) is 0 Å². The lowest BCUT2D eigenvalue weighted by Gasteiger charge is -2.18. The van der Waals surface area contributed by atoms with Crippen LogP contribution in [-0.2, 0) is 6.54 Å². The Kier molecular flexibility index (Phi) is 3.43. The van der Waals surface area contributed by atoms with Crippen molar-refractivity contribution in [2.24, 2.45) is 0 Å². The molecular weight excluding hydrogens is 264 g/mol. The molecule has 0 bridgehead atoms.